The lowest BCUT2D eigenvalue weighted by Gasteiger charge is -2.22. The van der Waals surface area contributed by atoms with Crippen LogP contribution in [0.5, 0.6) is 0 Å². The molecule has 0 amide bonds. The Balaban J connectivity index is 2.31. The Hall–Kier alpha value is -0.170. The van der Waals surface area contributed by atoms with Crippen molar-refractivity contribution in [2.45, 2.75) is 56.4 Å². The maximum atomic E-state index is 11.4. The molecule has 0 aromatic rings. The minimum absolute atomic E-state index is 0.175. The van der Waals surface area contributed by atoms with Crippen LogP contribution >= 0.6 is 0 Å². The van der Waals surface area contributed by atoms with E-state index in [-0.39, 0.29) is 6.04 Å². The van der Waals surface area contributed by atoms with Crippen molar-refractivity contribution in [1.29, 1.82) is 0 Å². The van der Waals surface area contributed by atoms with Crippen LogP contribution in [0, 0.1) is 0 Å². The summed E-state index contributed by atoms with van der Waals surface area (Å²) in [6.07, 6.45) is 6.59. The van der Waals surface area contributed by atoms with E-state index in [2.05, 4.69) is 5.43 Å². The van der Waals surface area contributed by atoms with Crippen molar-refractivity contribution < 1.29 is 13.2 Å². The van der Waals surface area contributed by atoms with Gasteiger partial charge in [0.2, 0.25) is 0 Å². The summed E-state index contributed by atoms with van der Waals surface area (Å²) in [7, 11) is -3.04. The van der Waals surface area contributed by atoms with Crippen molar-refractivity contribution in [2.75, 3.05) is 12.9 Å². The third-order valence-electron chi connectivity index (χ3n) is 3.52. The molecule has 1 saturated heterocycles. The summed E-state index contributed by atoms with van der Waals surface area (Å²) < 4.78 is 28.4. The first-order valence-corrected chi connectivity index (χ1v) is 8.17. The number of nitrogens with one attached hydrogen (secondary N) is 1. The van der Waals surface area contributed by atoms with E-state index in [0.717, 1.165) is 38.7 Å². The van der Waals surface area contributed by atoms with Crippen molar-refractivity contribution in [3.63, 3.8) is 0 Å². The summed E-state index contributed by atoms with van der Waals surface area (Å²) in [5, 5.41) is -0.447. The Kier molecular flexibility index (Phi) is 5.85. The first-order valence-electron chi connectivity index (χ1n) is 6.21. The lowest BCUT2D eigenvalue weighted by atomic mass is 10.0. The van der Waals surface area contributed by atoms with Crippen LogP contribution < -0.4 is 11.3 Å². The Morgan fingerprint density at radius 2 is 2.24 bits per heavy atom. The first kappa shape index (κ1) is 14.9. The predicted octanol–water partition coefficient (Wildman–Crippen LogP) is 0.601. The SMILES string of the molecule is CC(C(CCCC1CCCO1)NN)S(C)(=O)=O. The van der Waals surface area contributed by atoms with Crippen LogP contribution in [0.4, 0.5) is 0 Å². The average Bonchev–Trinajstić information content (AvgIpc) is 2.75. The highest BCUT2D eigenvalue weighted by Crippen LogP contribution is 2.19. The van der Waals surface area contributed by atoms with E-state index in [0.29, 0.717) is 6.10 Å². The average molecular weight is 264 g/mol. The van der Waals surface area contributed by atoms with Crippen LogP contribution in [-0.4, -0.2) is 38.7 Å². The highest BCUT2D eigenvalue weighted by atomic mass is 32.2. The molecule has 0 spiro atoms. The molecule has 1 heterocycles. The molecule has 1 rings (SSSR count). The van der Waals surface area contributed by atoms with Crippen molar-refractivity contribution in [3.8, 4) is 0 Å². The standard InChI is InChI=1S/C11H24N2O3S/c1-9(17(2,14)15)11(13-12)7-3-5-10-6-4-8-16-10/h9-11,13H,3-8,12H2,1-2H3. The van der Waals surface area contributed by atoms with Gasteiger partial charge < -0.3 is 4.74 Å². The molecule has 0 aliphatic carbocycles. The van der Waals surface area contributed by atoms with E-state index < -0.39 is 15.1 Å². The van der Waals surface area contributed by atoms with Gasteiger partial charge in [-0.2, -0.15) is 0 Å². The van der Waals surface area contributed by atoms with E-state index in [9.17, 15) is 8.42 Å². The fourth-order valence-corrected chi connectivity index (χ4v) is 3.00. The Labute approximate surface area is 104 Å². The number of hydrazine groups is 1. The Morgan fingerprint density at radius 3 is 2.71 bits per heavy atom. The number of sulfone groups is 1. The molecule has 102 valence electrons. The molecule has 3 atom stereocenters. The lowest BCUT2D eigenvalue weighted by Crippen LogP contribution is -2.45. The second-order valence-corrected chi connectivity index (χ2v) is 7.28. The largest absolute Gasteiger partial charge is 0.378 e. The van der Waals surface area contributed by atoms with Crippen molar-refractivity contribution in [1.82, 2.24) is 5.43 Å². The molecule has 0 aromatic carbocycles. The van der Waals surface area contributed by atoms with Gasteiger partial charge in [-0.3, -0.25) is 11.3 Å². The maximum Gasteiger partial charge on any atom is 0.151 e. The van der Waals surface area contributed by atoms with Crippen LogP contribution in [0.1, 0.15) is 39.0 Å². The minimum Gasteiger partial charge on any atom is -0.378 e. The van der Waals surface area contributed by atoms with Gasteiger partial charge in [0, 0.05) is 18.9 Å². The molecule has 1 aliphatic heterocycles. The van der Waals surface area contributed by atoms with Gasteiger partial charge in [-0.05, 0) is 39.0 Å². The molecule has 1 aliphatic rings. The monoisotopic (exact) mass is 264 g/mol. The normalized spacial score (nSPS) is 24.8. The van der Waals surface area contributed by atoms with Crippen LogP contribution in [-0.2, 0) is 14.6 Å². The first-order chi connectivity index (χ1) is 7.95. The van der Waals surface area contributed by atoms with E-state index in [1.54, 1.807) is 6.92 Å². The smallest absolute Gasteiger partial charge is 0.151 e. The van der Waals surface area contributed by atoms with E-state index in [1.807, 2.05) is 0 Å². The zero-order chi connectivity index (χ0) is 12.9. The highest BCUT2D eigenvalue weighted by molar-refractivity contribution is 7.91. The zero-order valence-corrected chi connectivity index (χ0v) is 11.5. The number of rotatable bonds is 7. The van der Waals surface area contributed by atoms with Gasteiger partial charge >= 0.3 is 0 Å². The minimum atomic E-state index is -3.04. The van der Waals surface area contributed by atoms with E-state index in [1.165, 1.54) is 6.26 Å². The highest BCUT2D eigenvalue weighted by Gasteiger charge is 2.25. The van der Waals surface area contributed by atoms with Crippen LogP contribution in [0.25, 0.3) is 0 Å². The molecule has 0 bridgehead atoms. The van der Waals surface area contributed by atoms with E-state index in [4.69, 9.17) is 10.6 Å². The fourth-order valence-electron chi connectivity index (χ4n) is 2.19. The van der Waals surface area contributed by atoms with Gasteiger partial charge in [0.15, 0.2) is 9.84 Å². The molecule has 0 saturated carbocycles. The molecule has 0 radical (unpaired) electrons. The number of nitrogens with two attached hydrogens (primary N) is 1. The number of hydrogen-bond donors (Lipinski definition) is 2. The van der Waals surface area contributed by atoms with Crippen LogP contribution in [0.2, 0.25) is 0 Å². The quantitative estimate of drug-likeness (QED) is 0.520. The summed E-state index contributed by atoms with van der Waals surface area (Å²) in [5.41, 5.74) is 2.61. The second kappa shape index (κ2) is 6.68. The third kappa shape index (κ3) is 4.91. The van der Waals surface area contributed by atoms with Crippen molar-refractivity contribution in [2.24, 2.45) is 5.84 Å². The molecule has 6 heteroatoms. The molecule has 1 fully saturated rings. The fraction of sp³-hybridized carbons (Fsp3) is 1.00. The summed E-state index contributed by atoms with van der Waals surface area (Å²) in [4.78, 5) is 0. The molecule has 0 aromatic heterocycles. The molecular weight excluding hydrogens is 240 g/mol. The van der Waals surface area contributed by atoms with Gasteiger partial charge in [0.05, 0.1) is 11.4 Å². The van der Waals surface area contributed by atoms with Gasteiger partial charge in [-0.1, -0.05) is 0 Å². The summed E-state index contributed by atoms with van der Waals surface area (Å²) in [6, 6.07) is -0.175. The number of ether oxygens (including phenoxy) is 1. The van der Waals surface area contributed by atoms with Gasteiger partial charge in [0.1, 0.15) is 0 Å². The summed E-state index contributed by atoms with van der Waals surface area (Å²) in [5.74, 6) is 5.42. The molecular formula is C11H24N2O3S. The number of hydrogen-bond acceptors (Lipinski definition) is 5. The van der Waals surface area contributed by atoms with Crippen molar-refractivity contribution >= 4 is 9.84 Å². The Morgan fingerprint density at radius 1 is 1.53 bits per heavy atom. The summed E-state index contributed by atoms with van der Waals surface area (Å²) in [6.45, 7) is 2.56. The second-order valence-electron chi connectivity index (χ2n) is 4.87. The maximum absolute atomic E-state index is 11.4. The van der Waals surface area contributed by atoms with Crippen LogP contribution in [0.15, 0.2) is 0 Å². The van der Waals surface area contributed by atoms with Crippen molar-refractivity contribution in [3.05, 3.63) is 0 Å². The lowest BCUT2D eigenvalue weighted by molar-refractivity contribution is 0.101. The predicted molar refractivity (Wildman–Crippen MR) is 68.2 cm³/mol. The van der Waals surface area contributed by atoms with E-state index >= 15 is 0 Å². The Bertz CT molecular complexity index is 313. The molecule has 3 N–H and O–H groups in total. The van der Waals surface area contributed by atoms with Gasteiger partial charge in [-0.25, -0.2) is 8.42 Å². The molecule has 17 heavy (non-hydrogen) atoms. The molecule has 5 nitrogen and oxygen atoms in total. The third-order valence-corrected chi connectivity index (χ3v) is 5.20. The topological polar surface area (TPSA) is 81.4 Å². The van der Waals surface area contributed by atoms with Gasteiger partial charge in [0.25, 0.3) is 0 Å². The van der Waals surface area contributed by atoms with Crippen LogP contribution in [0.3, 0.4) is 0 Å². The molecule has 3 unspecified atom stereocenters. The zero-order valence-electron chi connectivity index (χ0n) is 10.7. The van der Waals surface area contributed by atoms with Gasteiger partial charge in [-0.15, -0.1) is 0 Å². The summed E-state index contributed by atoms with van der Waals surface area (Å²) >= 11 is 0.